The molecule has 176 valence electrons. The quantitative estimate of drug-likeness (QED) is 0.220. The number of aromatic nitrogens is 2. The molecule has 4 heteroatoms. The molecule has 0 aliphatic carbocycles. The van der Waals surface area contributed by atoms with Gasteiger partial charge in [-0.3, -0.25) is 0 Å². The number of rotatable bonds is 2. The van der Waals surface area contributed by atoms with Crippen molar-refractivity contribution in [3.63, 3.8) is 0 Å². The largest absolute Gasteiger partial charge is 0.456 e. The first-order valence-electron chi connectivity index (χ1n) is 12.5. The van der Waals surface area contributed by atoms with Crippen molar-refractivity contribution in [3.8, 4) is 17.1 Å². The smallest absolute Gasteiger partial charge is 0.296 e. The van der Waals surface area contributed by atoms with Crippen molar-refractivity contribution >= 4 is 64.5 Å². The zero-order chi connectivity index (χ0) is 24.7. The number of nitrogens with zero attached hydrogens (tertiary/aromatic N) is 2. The summed E-state index contributed by atoms with van der Waals surface area (Å²) in [6.45, 7) is 2.23. The van der Waals surface area contributed by atoms with Crippen molar-refractivity contribution in [1.82, 2.24) is 4.57 Å². The lowest BCUT2D eigenvalue weighted by molar-refractivity contribution is -0.633. The van der Waals surface area contributed by atoms with Crippen molar-refractivity contribution in [2.45, 2.75) is 6.92 Å². The Morgan fingerprint density at radius 2 is 1.43 bits per heavy atom. The molecular formula is C33H23N2OS+. The van der Waals surface area contributed by atoms with E-state index in [1.807, 2.05) is 23.5 Å². The lowest BCUT2D eigenvalue weighted by Crippen LogP contribution is -2.30. The summed E-state index contributed by atoms with van der Waals surface area (Å²) in [5, 5.41) is 4.92. The standard InChI is InChI=1S/C33H23N2OS/c1-20-15-17-25-24-10-4-8-14-30(24)37-32(25)31(20)33-34(2)26-11-5-6-12-27(26)35(33)21-16-18-23-22-9-3-7-13-28(22)36-29(23)19-21/h3-19H,1-2H3/q+1. The molecule has 0 fully saturated rings. The summed E-state index contributed by atoms with van der Waals surface area (Å²) in [5.41, 5.74) is 7.83. The summed E-state index contributed by atoms with van der Waals surface area (Å²) in [5.74, 6) is 1.17. The number of thiophene rings is 1. The van der Waals surface area contributed by atoms with Gasteiger partial charge in [-0.25, -0.2) is 4.57 Å². The van der Waals surface area contributed by atoms with Gasteiger partial charge in [0.2, 0.25) is 0 Å². The van der Waals surface area contributed by atoms with Crippen LogP contribution in [0.3, 0.4) is 0 Å². The van der Waals surface area contributed by atoms with E-state index in [-0.39, 0.29) is 0 Å². The molecule has 3 aromatic heterocycles. The molecule has 0 aliphatic heterocycles. The van der Waals surface area contributed by atoms with E-state index in [4.69, 9.17) is 4.42 Å². The molecule has 0 N–H and O–H groups in total. The van der Waals surface area contributed by atoms with E-state index in [0.29, 0.717) is 0 Å². The Hall–Kier alpha value is -4.41. The number of hydrogen-bond acceptors (Lipinski definition) is 2. The molecule has 8 aromatic rings. The van der Waals surface area contributed by atoms with Crippen molar-refractivity contribution in [2.24, 2.45) is 7.05 Å². The number of benzene rings is 5. The van der Waals surface area contributed by atoms with Crippen LogP contribution in [-0.4, -0.2) is 4.57 Å². The molecule has 5 aromatic carbocycles. The van der Waals surface area contributed by atoms with Crippen LogP contribution in [0.25, 0.3) is 70.2 Å². The molecule has 0 amide bonds. The molecule has 8 rings (SSSR count). The van der Waals surface area contributed by atoms with Crippen LogP contribution in [0.4, 0.5) is 0 Å². The van der Waals surface area contributed by atoms with Crippen LogP contribution in [-0.2, 0) is 7.05 Å². The van der Waals surface area contributed by atoms with Gasteiger partial charge in [0, 0.05) is 32.3 Å². The molecule has 0 saturated heterocycles. The van der Waals surface area contributed by atoms with Crippen LogP contribution < -0.4 is 4.57 Å². The van der Waals surface area contributed by atoms with Gasteiger partial charge in [-0.05, 0) is 48.9 Å². The molecular weight excluding hydrogens is 472 g/mol. The van der Waals surface area contributed by atoms with Gasteiger partial charge in [0.15, 0.2) is 11.0 Å². The van der Waals surface area contributed by atoms with Crippen LogP contribution in [0, 0.1) is 6.92 Å². The second-order valence-electron chi connectivity index (χ2n) is 9.72. The highest BCUT2D eigenvalue weighted by Gasteiger charge is 2.29. The zero-order valence-corrected chi connectivity index (χ0v) is 21.3. The van der Waals surface area contributed by atoms with Crippen LogP contribution >= 0.6 is 11.3 Å². The topological polar surface area (TPSA) is 21.9 Å². The van der Waals surface area contributed by atoms with E-state index in [1.165, 1.54) is 48.2 Å². The van der Waals surface area contributed by atoms with E-state index >= 15 is 0 Å². The van der Waals surface area contributed by atoms with Crippen LogP contribution in [0.15, 0.2) is 108 Å². The third kappa shape index (κ3) is 2.85. The maximum atomic E-state index is 6.29. The number of fused-ring (bicyclic) bond motifs is 7. The first-order chi connectivity index (χ1) is 18.2. The van der Waals surface area contributed by atoms with Crippen molar-refractivity contribution in [3.05, 3.63) is 109 Å². The third-order valence-electron chi connectivity index (χ3n) is 7.61. The predicted molar refractivity (Wildman–Crippen MR) is 155 cm³/mol. The Bertz CT molecular complexity index is 2180. The number of imidazole rings is 1. The molecule has 0 atom stereocenters. The second-order valence-corrected chi connectivity index (χ2v) is 10.8. The predicted octanol–water partition coefficient (Wildman–Crippen LogP) is 8.70. The molecule has 0 spiro atoms. The Balaban J connectivity index is 1.50. The summed E-state index contributed by atoms with van der Waals surface area (Å²) < 4.78 is 13.7. The number of hydrogen-bond donors (Lipinski definition) is 0. The van der Waals surface area contributed by atoms with Gasteiger partial charge in [0.1, 0.15) is 16.9 Å². The first kappa shape index (κ1) is 20.7. The summed E-state index contributed by atoms with van der Waals surface area (Å²) in [7, 11) is 2.18. The molecule has 0 radical (unpaired) electrons. The van der Waals surface area contributed by atoms with E-state index in [9.17, 15) is 0 Å². The lowest BCUT2D eigenvalue weighted by atomic mass is 10.0. The van der Waals surface area contributed by atoms with Gasteiger partial charge < -0.3 is 4.42 Å². The maximum Gasteiger partial charge on any atom is 0.296 e. The Morgan fingerprint density at radius 1 is 0.703 bits per heavy atom. The minimum atomic E-state index is 0.905. The van der Waals surface area contributed by atoms with Crippen molar-refractivity contribution in [2.75, 3.05) is 0 Å². The highest BCUT2D eigenvalue weighted by Crippen LogP contribution is 2.42. The summed E-state index contributed by atoms with van der Waals surface area (Å²) >= 11 is 1.88. The van der Waals surface area contributed by atoms with E-state index < -0.39 is 0 Å². The van der Waals surface area contributed by atoms with Gasteiger partial charge in [0.25, 0.3) is 5.82 Å². The number of aryl methyl sites for hydroxylation is 2. The fourth-order valence-electron chi connectivity index (χ4n) is 5.87. The monoisotopic (exact) mass is 495 g/mol. The Kier molecular flexibility index (Phi) is 4.23. The highest BCUT2D eigenvalue weighted by atomic mass is 32.1. The van der Waals surface area contributed by atoms with Crippen LogP contribution in [0.1, 0.15) is 5.56 Å². The molecule has 0 bridgehead atoms. The summed E-state index contributed by atoms with van der Waals surface area (Å²) in [6, 6.07) is 36.8. The van der Waals surface area contributed by atoms with Gasteiger partial charge in [-0.2, -0.15) is 4.57 Å². The minimum absolute atomic E-state index is 0.905. The number of furan rings is 1. The second kappa shape index (κ2) is 7.55. The Morgan fingerprint density at radius 3 is 2.35 bits per heavy atom. The fraction of sp³-hybridized carbons (Fsp3) is 0.0606. The lowest BCUT2D eigenvalue weighted by Gasteiger charge is -2.08. The van der Waals surface area contributed by atoms with Crippen molar-refractivity contribution in [1.29, 1.82) is 0 Å². The Labute approximate surface area is 217 Å². The van der Waals surface area contributed by atoms with Crippen LogP contribution in [0.2, 0.25) is 0 Å². The van der Waals surface area contributed by atoms with Gasteiger partial charge in [-0.15, -0.1) is 11.3 Å². The molecule has 3 heterocycles. The highest BCUT2D eigenvalue weighted by molar-refractivity contribution is 7.26. The van der Waals surface area contributed by atoms with Crippen LogP contribution in [0.5, 0.6) is 0 Å². The zero-order valence-electron chi connectivity index (χ0n) is 20.5. The maximum absolute atomic E-state index is 6.29. The van der Waals surface area contributed by atoms with E-state index in [1.54, 1.807) is 0 Å². The minimum Gasteiger partial charge on any atom is -0.456 e. The van der Waals surface area contributed by atoms with Gasteiger partial charge in [-0.1, -0.05) is 60.7 Å². The van der Waals surface area contributed by atoms with Crippen molar-refractivity contribution < 1.29 is 8.98 Å². The third-order valence-corrected chi connectivity index (χ3v) is 8.82. The van der Waals surface area contributed by atoms with E-state index in [2.05, 4.69) is 114 Å². The molecule has 37 heavy (non-hydrogen) atoms. The van der Waals surface area contributed by atoms with E-state index in [0.717, 1.165) is 27.6 Å². The number of para-hydroxylation sites is 3. The van der Waals surface area contributed by atoms with Gasteiger partial charge in [0.05, 0.1) is 17.3 Å². The molecule has 3 nitrogen and oxygen atoms in total. The SMILES string of the molecule is Cc1ccc2c(sc3ccccc32)c1-c1n(-c2ccc3c(c2)oc2ccccc23)c2ccccc2[n+]1C. The average Bonchev–Trinajstić information content (AvgIpc) is 3.58. The molecule has 0 saturated carbocycles. The average molecular weight is 496 g/mol. The van der Waals surface area contributed by atoms with Gasteiger partial charge >= 0.3 is 0 Å². The molecule has 0 unspecified atom stereocenters. The first-order valence-corrected chi connectivity index (χ1v) is 13.3. The molecule has 0 aliphatic rings. The summed E-state index contributed by atoms with van der Waals surface area (Å²) in [4.78, 5) is 0. The fourth-order valence-corrected chi connectivity index (χ4v) is 7.17. The normalized spacial score (nSPS) is 12.1. The summed E-state index contributed by atoms with van der Waals surface area (Å²) in [6.07, 6.45) is 0.